The molecule has 1 aliphatic heterocycles. The van der Waals surface area contributed by atoms with Gasteiger partial charge in [0.2, 0.25) is 0 Å². The molecule has 2 rings (SSSR count). The van der Waals surface area contributed by atoms with Gasteiger partial charge in [-0.25, -0.2) is 8.78 Å². The van der Waals surface area contributed by atoms with E-state index in [1.807, 2.05) is 0 Å². The molecule has 0 aromatic heterocycles. The predicted octanol–water partition coefficient (Wildman–Crippen LogP) is 0.951. The van der Waals surface area contributed by atoms with Crippen molar-refractivity contribution in [2.75, 3.05) is 44.2 Å². The minimum Gasteiger partial charge on any atom is -0.395 e. The van der Waals surface area contributed by atoms with E-state index < -0.39 is 11.6 Å². The summed E-state index contributed by atoms with van der Waals surface area (Å²) in [7, 11) is 0. The van der Waals surface area contributed by atoms with Gasteiger partial charge in [0, 0.05) is 32.7 Å². The smallest absolute Gasteiger partial charge is 0.183 e. The van der Waals surface area contributed by atoms with Gasteiger partial charge in [-0.2, -0.15) is 5.26 Å². The average molecular weight is 267 g/mol. The van der Waals surface area contributed by atoms with Crippen molar-refractivity contribution in [2.24, 2.45) is 0 Å². The van der Waals surface area contributed by atoms with Crippen LogP contribution in [0.4, 0.5) is 14.5 Å². The maximum atomic E-state index is 13.9. The largest absolute Gasteiger partial charge is 0.395 e. The first-order valence-electron chi connectivity index (χ1n) is 6.13. The van der Waals surface area contributed by atoms with Gasteiger partial charge in [0.05, 0.1) is 17.9 Å². The number of β-amino-alcohol motifs (C(OH)–C–C–N with tert-alkyl or cyclic N) is 1. The van der Waals surface area contributed by atoms with Gasteiger partial charge in [-0.1, -0.05) is 0 Å². The quantitative estimate of drug-likeness (QED) is 0.886. The minimum absolute atomic E-state index is 0.0971. The second-order valence-electron chi connectivity index (χ2n) is 4.42. The standard InChI is InChI=1S/C13H15F2N3O/c14-12-10(9-16)1-2-11(13(12)15)18-5-3-17(4-6-18)7-8-19/h1-2,19H,3-8H2. The molecule has 1 aliphatic rings. The van der Waals surface area contributed by atoms with Gasteiger partial charge >= 0.3 is 0 Å². The summed E-state index contributed by atoms with van der Waals surface area (Å²) in [6.07, 6.45) is 0. The fourth-order valence-electron chi connectivity index (χ4n) is 2.22. The molecule has 1 heterocycles. The summed E-state index contributed by atoms with van der Waals surface area (Å²) in [6, 6.07) is 4.36. The third-order valence-corrected chi connectivity index (χ3v) is 3.31. The lowest BCUT2D eigenvalue weighted by molar-refractivity contribution is 0.188. The van der Waals surface area contributed by atoms with E-state index in [1.165, 1.54) is 12.1 Å². The van der Waals surface area contributed by atoms with Gasteiger partial charge in [-0.3, -0.25) is 4.90 Å². The molecular formula is C13H15F2N3O. The van der Waals surface area contributed by atoms with Crippen LogP contribution in [0.15, 0.2) is 12.1 Å². The summed E-state index contributed by atoms with van der Waals surface area (Å²) in [6.45, 7) is 3.23. The summed E-state index contributed by atoms with van der Waals surface area (Å²) in [4.78, 5) is 3.82. The van der Waals surface area contributed by atoms with Gasteiger partial charge in [0.15, 0.2) is 11.6 Å². The van der Waals surface area contributed by atoms with Crippen molar-refractivity contribution < 1.29 is 13.9 Å². The van der Waals surface area contributed by atoms with E-state index >= 15 is 0 Å². The molecule has 0 aliphatic carbocycles. The Hall–Kier alpha value is -1.71. The van der Waals surface area contributed by atoms with Crippen molar-refractivity contribution in [1.82, 2.24) is 4.90 Å². The van der Waals surface area contributed by atoms with E-state index in [-0.39, 0.29) is 17.9 Å². The molecular weight excluding hydrogens is 252 g/mol. The molecule has 6 heteroatoms. The summed E-state index contributed by atoms with van der Waals surface area (Å²) >= 11 is 0. The lowest BCUT2D eigenvalue weighted by atomic mass is 10.1. The Morgan fingerprint density at radius 2 is 1.84 bits per heavy atom. The lowest BCUT2D eigenvalue weighted by Gasteiger charge is -2.35. The number of aliphatic hydroxyl groups excluding tert-OH is 1. The van der Waals surface area contributed by atoms with E-state index in [2.05, 4.69) is 4.90 Å². The summed E-state index contributed by atoms with van der Waals surface area (Å²) < 4.78 is 27.4. The van der Waals surface area contributed by atoms with Crippen LogP contribution in [0.25, 0.3) is 0 Å². The lowest BCUT2D eigenvalue weighted by Crippen LogP contribution is -2.47. The molecule has 0 radical (unpaired) electrons. The average Bonchev–Trinajstić information content (AvgIpc) is 2.43. The Balaban J connectivity index is 2.12. The van der Waals surface area contributed by atoms with Crippen molar-refractivity contribution in [1.29, 1.82) is 5.26 Å². The zero-order chi connectivity index (χ0) is 13.8. The zero-order valence-electron chi connectivity index (χ0n) is 10.4. The Morgan fingerprint density at radius 3 is 2.42 bits per heavy atom. The van der Waals surface area contributed by atoms with Crippen LogP contribution in [0, 0.1) is 23.0 Å². The molecule has 4 nitrogen and oxygen atoms in total. The third kappa shape index (κ3) is 2.83. The van der Waals surface area contributed by atoms with E-state index in [0.29, 0.717) is 32.7 Å². The maximum absolute atomic E-state index is 13.9. The van der Waals surface area contributed by atoms with Crippen LogP contribution in [0.5, 0.6) is 0 Å². The molecule has 1 saturated heterocycles. The molecule has 0 spiro atoms. The highest BCUT2D eigenvalue weighted by molar-refractivity contribution is 5.52. The van der Waals surface area contributed by atoms with Gasteiger partial charge in [0.25, 0.3) is 0 Å². The van der Waals surface area contributed by atoms with Crippen molar-refractivity contribution in [2.45, 2.75) is 0 Å². The highest BCUT2D eigenvalue weighted by Crippen LogP contribution is 2.24. The Bertz CT molecular complexity index is 493. The van der Waals surface area contributed by atoms with Crippen LogP contribution >= 0.6 is 0 Å². The molecule has 1 aromatic rings. The molecule has 0 atom stereocenters. The number of piperazine rings is 1. The van der Waals surface area contributed by atoms with E-state index in [9.17, 15) is 8.78 Å². The monoisotopic (exact) mass is 267 g/mol. The Kier molecular flexibility index (Phi) is 4.30. The molecule has 1 aromatic carbocycles. The number of aliphatic hydroxyl groups is 1. The second kappa shape index (κ2) is 5.95. The van der Waals surface area contributed by atoms with E-state index in [0.717, 1.165) is 0 Å². The van der Waals surface area contributed by atoms with Crippen LogP contribution in [-0.2, 0) is 0 Å². The van der Waals surface area contributed by atoms with Crippen LogP contribution in [0.1, 0.15) is 5.56 Å². The summed E-state index contributed by atoms with van der Waals surface area (Å²) in [5, 5.41) is 17.5. The molecule has 102 valence electrons. The summed E-state index contributed by atoms with van der Waals surface area (Å²) in [5.41, 5.74) is -0.0830. The molecule has 19 heavy (non-hydrogen) atoms. The molecule has 0 saturated carbocycles. The van der Waals surface area contributed by atoms with E-state index in [4.69, 9.17) is 10.4 Å². The predicted molar refractivity (Wildman–Crippen MR) is 66.8 cm³/mol. The number of hydrogen-bond acceptors (Lipinski definition) is 4. The van der Waals surface area contributed by atoms with Gasteiger partial charge in [0.1, 0.15) is 6.07 Å². The van der Waals surface area contributed by atoms with Crippen molar-refractivity contribution in [3.63, 3.8) is 0 Å². The number of anilines is 1. The van der Waals surface area contributed by atoms with Gasteiger partial charge < -0.3 is 10.0 Å². The fourth-order valence-corrected chi connectivity index (χ4v) is 2.22. The molecule has 1 N–H and O–H groups in total. The van der Waals surface area contributed by atoms with Crippen molar-refractivity contribution >= 4 is 5.69 Å². The first kappa shape index (κ1) is 13.7. The maximum Gasteiger partial charge on any atom is 0.183 e. The second-order valence-corrected chi connectivity index (χ2v) is 4.42. The van der Waals surface area contributed by atoms with Gasteiger partial charge in [-0.15, -0.1) is 0 Å². The highest BCUT2D eigenvalue weighted by atomic mass is 19.2. The molecule has 0 bridgehead atoms. The van der Waals surface area contributed by atoms with Crippen LogP contribution in [0.2, 0.25) is 0 Å². The number of rotatable bonds is 3. The van der Waals surface area contributed by atoms with Crippen LogP contribution in [0.3, 0.4) is 0 Å². The Labute approximate surface area is 110 Å². The molecule has 0 unspecified atom stereocenters. The van der Waals surface area contributed by atoms with E-state index in [1.54, 1.807) is 11.0 Å². The molecule has 1 fully saturated rings. The summed E-state index contributed by atoms with van der Waals surface area (Å²) in [5.74, 6) is -2.05. The SMILES string of the molecule is N#Cc1ccc(N2CCN(CCO)CC2)c(F)c1F. The normalized spacial score (nSPS) is 16.4. The van der Waals surface area contributed by atoms with Crippen molar-refractivity contribution in [3.05, 3.63) is 29.3 Å². The third-order valence-electron chi connectivity index (χ3n) is 3.31. The fraction of sp³-hybridized carbons (Fsp3) is 0.462. The Morgan fingerprint density at radius 1 is 1.16 bits per heavy atom. The number of nitrogens with zero attached hydrogens (tertiary/aromatic N) is 3. The minimum atomic E-state index is -1.09. The highest BCUT2D eigenvalue weighted by Gasteiger charge is 2.22. The topological polar surface area (TPSA) is 50.5 Å². The van der Waals surface area contributed by atoms with Crippen LogP contribution < -0.4 is 4.90 Å². The number of nitriles is 1. The zero-order valence-corrected chi connectivity index (χ0v) is 10.4. The van der Waals surface area contributed by atoms with Crippen LogP contribution in [-0.4, -0.2) is 49.3 Å². The molecule has 0 amide bonds. The number of halogens is 2. The van der Waals surface area contributed by atoms with Gasteiger partial charge in [-0.05, 0) is 12.1 Å². The number of benzene rings is 1. The first-order chi connectivity index (χ1) is 9.17. The van der Waals surface area contributed by atoms with Crippen molar-refractivity contribution in [3.8, 4) is 6.07 Å². The first-order valence-corrected chi connectivity index (χ1v) is 6.13. The number of hydrogen-bond donors (Lipinski definition) is 1.